The van der Waals surface area contributed by atoms with Gasteiger partial charge in [-0.2, -0.15) is 0 Å². The molecule has 7 heteroatoms. The lowest BCUT2D eigenvalue weighted by Crippen LogP contribution is -2.13. The second-order valence-electron chi connectivity index (χ2n) is 4.85. The maximum absolute atomic E-state index is 11.8. The molecular formula is C16H14N2O4S. The predicted octanol–water partition coefficient (Wildman–Crippen LogP) is 2.15. The van der Waals surface area contributed by atoms with Gasteiger partial charge in [0.1, 0.15) is 12.3 Å². The van der Waals surface area contributed by atoms with Gasteiger partial charge in [-0.1, -0.05) is 48.5 Å². The van der Waals surface area contributed by atoms with E-state index in [1.165, 1.54) is 6.07 Å². The van der Waals surface area contributed by atoms with Gasteiger partial charge in [0, 0.05) is 11.1 Å². The number of sulfonamides is 1. The topological polar surface area (TPSA) is 106 Å². The second kappa shape index (κ2) is 5.96. The number of hydrogen-bond acceptors (Lipinski definition) is 5. The normalized spacial score (nSPS) is 11.6. The summed E-state index contributed by atoms with van der Waals surface area (Å²) >= 11 is 0. The van der Waals surface area contributed by atoms with Crippen molar-refractivity contribution >= 4 is 10.0 Å². The molecule has 1 aromatic heterocycles. The van der Waals surface area contributed by atoms with Crippen LogP contribution in [0.3, 0.4) is 0 Å². The Morgan fingerprint density at radius 3 is 2.35 bits per heavy atom. The van der Waals surface area contributed by atoms with Crippen molar-refractivity contribution in [2.75, 3.05) is 0 Å². The monoisotopic (exact) mass is 330 g/mol. The summed E-state index contributed by atoms with van der Waals surface area (Å²) in [6, 6.07) is 15.4. The Morgan fingerprint density at radius 2 is 1.70 bits per heavy atom. The number of benzene rings is 2. The Bertz CT molecular complexity index is 934. The summed E-state index contributed by atoms with van der Waals surface area (Å²) in [7, 11) is -3.92. The van der Waals surface area contributed by atoms with E-state index >= 15 is 0 Å². The fraction of sp³-hybridized carbons (Fsp3) is 0.0625. The zero-order valence-corrected chi connectivity index (χ0v) is 12.8. The van der Waals surface area contributed by atoms with Gasteiger partial charge in [-0.15, -0.1) is 0 Å². The van der Waals surface area contributed by atoms with Gasteiger partial charge in [-0.3, -0.25) is 0 Å². The Labute approximate surface area is 133 Å². The van der Waals surface area contributed by atoms with Crippen LogP contribution in [0.25, 0.3) is 22.6 Å². The van der Waals surface area contributed by atoms with Crippen LogP contribution in [0.15, 0.2) is 63.9 Å². The first-order chi connectivity index (χ1) is 11.0. The number of hydrogen-bond donors (Lipinski definition) is 2. The lowest BCUT2D eigenvalue weighted by atomic mass is 10.1. The molecule has 0 atom stereocenters. The molecule has 3 rings (SSSR count). The van der Waals surface area contributed by atoms with Crippen LogP contribution in [-0.2, 0) is 16.6 Å². The Hall–Kier alpha value is -2.48. The summed E-state index contributed by atoms with van der Waals surface area (Å²) in [6.07, 6.45) is 0. The minimum atomic E-state index is -3.92. The molecule has 3 N–H and O–H groups in total. The summed E-state index contributed by atoms with van der Waals surface area (Å²) in [6.45, 7) is -0.391. The van der Waals surface area contributed by atoms with Gasteiger partial charge in [0.25, 0.3) is 0 Å². The molecule has 118 valence electrons. The zero-order chi connectivity index (χ0) is 16.4. The highest BCUT2D eigenvalue weighted by atomic mass is 32.2. The van der Waals surface area contributed by atoms with Crippen molar-refractivity contribution < 1.29 is 17.9 Å². The molecule has 0 aliphatic carbocycles. The number of aliphatic hydroxyl groups is 1. The fourth-order valence-electron chi connectivity index (χ4n) is 2.31. The molecular weight excluding hydrogens is 316 g/mol. The van der Waals surface area contributed by atoms with E-state index in [0.717, 1.165) is 5.56 Å². The van der Waals surface area contributed by atoms with Crippen LogP contribution in [0.2, 0.25) is 0 Å². The number of nitrogens with zero attached hydrogens (tertiary/aromatic N) is 1. The van der Waals surface area contributed by atoms with Crippen LogP contribution in [0.1, 0.15) is 5.89 Å². The van der Waals surface area contributed by atoms with Crippen LogP contribution < -0.4 is 5.14 Å². The molecule has 0 saturated heterocycles. The van der Waals surface area contributed by atoms with Gasteiger partial charge < -0.3 is 9.52 Å². The van der Waals surface area contributed by atoms with Gasteiger partial charge in [-0.25, -0.2) is 18.5 Å². The number of oxazole rings is 1. The van der Waals surface area contributed by atoms with Crippen molar-refractivity contribution in [3.8, 4) is 22.6 Å². The highest BCUT2D eigenvalue weighted by molar-refractivity contribution is 7.89. The van der Waals surface area contributed by atoms with E-state index in [1.54, 1.807) is 18.2 Å². The third kappa shape index (κ3) is 3.02. The van der Waals surface area contributed by atoms with E-state index in [2.05, 4.69) is 4.98 Å². The first-order valence-corrected chi connectivity index (χ1v) is 8.33. The van der Waals surface area contributed by atoms with Crippen molar-refractivity contribution in [1.82, 2.24) is 4.98 Å². The highest BCUT2D eigenvalue weighted by Crippen LogP contribution is 2.35. The van der Waals surface area contributed by atoms with Gasteiger partial charge in [0.2, 0.25) is 15.9 Å². The van der Waals surface area contributed by atoms with Crippen LogP contribution in [0, 0.1) is 0 Å². The Balaban J connectivity index is 2.28. The summed E-state index contributed by atoms with van der Waals surface area (Å²) in [5.41, 5.74) is 1.38. The standard InChI is InChI=1S/C16H14N2O4S/c17-23(20,21)13-9-5-4-8-12(13)15-16(22-14(10-19)18-15)11-6-2-1-3-7-11/h1-9,19H,10H2,(H2,17,20,21). The van der Waals surface area contributed by atoms with E-state index < -0.39 is 16.6 Å². The van der Waals surface area contributed by atoms with E-state index in [4.69, 9.17) is 9.56 Å². The molecule has 0 radical (unpaired) electrons. The van der Waals surface area contributed by atoms with Crippen molar-refractivity contribution in [1.29, 1.82) is 0 Å². The van der Waals surface area contributed by atoms with Crippen molar-refractivity contribution in [2.45, 2.75) is 11.5 Å². The second-order valence-corrected chi connectivity index (χ2v) is 6.38. The molecule has 0 unspecified atom stereocenters. The number of rotatable bonds is 4. The zero-order valence-electron chi connectivity index (χ0n) is 12.0. The lowest BCUT2D eigenvalue weighted by Gasteiger charge is -2.06. The molecule has 2 aromatic carbocycles. The Morgan fingerprint density at radius 1 is 1.04 bits per heavy atom. The summed E-state index contributed by atoms with van der Waals surface area (Å²) in [4.78, 5) is 4.17. The number of aliphatic hydroxyl groups excluding tert-OH is 1. The van der Waals surface area contributed by atoms with E-state index in [0.29, 0.717) is 17.0 Å². The van der Waals surface area contributed by atoms with E-state index in [1.807, 2.05) is 30.3 Å². The lowest BCUT2D eigenvalue weighted by molar-refractivity contribution is 0.241. The van der Waals surface area contributed by atoms with Gasteiger partial charge in [0.05, 0.1) is 4.90 Å². The quantitative estimate of drug-likeness (QED) is 0.762. The third-order valence-electron chi connectivity index (χ3n) is 3.29. The Kier molecular flexibility index (Phi) is 3.99. The summed E-state index contributed by atoms with van der Waals surface area (Å²) in [5, 5.41) is 14.6. The number of nitrogens with two attached hydrogens (primary N) is 1. The first kappa shape index (κ1) is 15.4. The molecule has 3 aromatic rings. The van der Waals surface area contributed by atoms with Crippen LogP contribution in [-0.4, -0.2) is 18.5 Å². The van der Waals surface area contributed by atoms with Crippen LogP contribution in [0.4, 0.5) is 0 Å². The molecule has 0 spiro atoms. The molecule has 6 nitrogen and oxygen atoms in total. The average Bonchev–Trinajstić information content (AvgIpc) is 2.99. The first-order valence-electron chi connectivity index (χ1n) is 6.79. The van der Waals surface area contributed by atoms with Crippen molar-refractivity contribution in [3.05, 3.63) is 60.5 Å². The minimum absolute atomic E-state index is 0.0463. The SMILES string of the molecule is NS(=O)(=O)c1ccccc1-c1nc(CO)oc1-c1ccccc1. The summed E-state index contributed by atoms with van der Waals surface area (Å²) < 4.78 is 29.2. The fourth-order valence-corrected chi connectivity index (χ4v) is 3.05. The minimum Gasteiger partial charge on any atom is -0.437 e. The molecule has 23 heavy (non-hydrogen) atoms. The van der Waals surface area contributed by atoms with Gasteiger partial charge in [-0.05, 0) is 6.07 Å². The largest absolute Gasteiger partial charge is 0.437 e. The van der Waals surface area contributed by atoms with Gasteiger partial charge in [0.15, 0.2) is 5.76 Å². The van der Waals surface area contributed by atoms with Crippen LogP contribution >= 0.6 is 0 Å². The smallest absolute Gasteiger partial charge is 0.238 e. The van der Waals surface area contributed by atoms with Gasteiger partial charge >= 0.3 is 0 Å². The highest BCUT2D eigenvalue weighted by Gasteiger charge is 2.22. The molecule has 0 amide bonds. The van der Waals surface area contributed by atoms with Crippen molar-refractivity contribution in [3.63, 3.8) is 0 Å². The summed E-state index contributed by atoms with van der Waals surface area (Å²) in [5.74, 6) is 0.480. The molecule has 0 fully saturated rings. The molecule has 0 saturated carbocycles. The maximum Gasteiger partial charge on any atom is 0.238 e. The van der Waals surface area contributed by atoms with E-state index in [-0.39, 0.29) is 10.8 Å². The van der Waals surface area contributed by atoms with Crippen LogP contribution in [0.5, 0.6) is 0 Å². The van der Waals surface area contributed by atoms with Crippen molar-refractivity contribution in [2.24, 2.45) is 5.14 Å². The average molecular weight is 330 g/mol. The third-order valence-corrected chi connectivity index (χ3v) is 4.26. The maximum atomic E-state index is 11.8. The molecule has 1 heterocycles. The molecule has 0 bridgehead atoms. The number of primary sulfonamides is 1. The number of aromatic nitrogens is 1. The predicted molar refractivity (Wildman–Crippen MR) is 84.7 cm³/mol. The molecule has 0 aliphatic rings. The molecule has 0 aliphatic heterocycles. The van der Waals surface area contributed by atoms with E-state index in [9.17, 15) is 13.5 Å².